The zero-order valence-electron chi connectivity index (χ0n) is 17.3. The van der Waals surface area contributed by atoms with E-state index in [9.17, 15) is 29.4 Å². The molecule has 6 N–H and O–H groups in total. The highest BCUT2D eigenvalue weighted by atomic mass is 32.1. The highest BCUT2D eigenvalue weighted by Gasteiger charge is 2.58. The van der Waals surface area contributed by atoms with Gasteiger partial charge in [0.05, 0.1) is 11.8 Å². The largest absolute Gasteiger partial charge is 0.374 e. The lowest BCUT2D eigenvalue weighted by molar-refractivity contribution is -0.166. The van der Waals surface area contributed by atoms with Gasteiger partial charge in [-0.25, -0.2) is 0 Å². The Kier molecular flexibility index (Phi) is 5.50. The first-order chi connectivity index (χ1) is 16.1. The summed E-state index contributed by atoms with van der Waals surface area (Å²) in [5.41, 5.74) is 6.34. The van der Waals surface area contributed by atoms with Gasteiger partial charge in [-0.05, 0) is 35.0 Å². The third-order valence-corrected chi connectivity index (χ3v) is 10.8. The number of thiophene rings is 4. The van der Waals surface area contributed by atoms with E-state index < -0.39 is 59.3 Å². The van der Waals surface area contributed by atoms with Crippen LogP contribution in [0.5, 0.6) is 0 Å². The van der Waals surface area contributed by atoms with E-state index in [1.54, 1.807) is 12.1 Å². The van der Waals surface area contributed by atoms with Crippen LogP contribution >= 0.6 is 45.3 Å². The predicted octanol–water partition coefficient (Wildman–Crippen LogP) is 2.45. The third kappa shape index (κ3) is 3.28. The van der Waals surface area contributed by atoms with Crippen LogP contribution in [0.4, 0.5) is 0 Å². The van der Waals surface area contributed by atoms with Crippen molar-refractivity contribution in [2.75, 3.05) is 0 Å². The number of amides is 2. The maximum Gasteiger partial charge on any atom is 0.255 e. The molecule has 4 atom stereocenters. The second-order valence-corrected chi connectivity index (χ2v) is 12.3. The van der Waals surface area contributed by atoms with E-state index in [1.807, 2.05) is 22.9 Å². The second kappa shape index (κ2) is 8.04. The molecule has 0 spiro atoms. The number of rotatable bonds is 6. The fourth-order valence-corrected chi connectivity index (χ4v) is 9.03. The molecule has 0 aromatic carbocycles. The molecule has 4 heterocycles. The van der Waals surface area contributed by atoms with Crippen molar-refractivity contribution in [3.8, 4) is 0 Å². The molecule has 0 radical (unpaired) electrons. The van der Waals surface area contributed by atoms with Gasteiger partial charge in [0.1, 0.15) is 11.6 Å². The highest BCUT2D eigenvalue weighted by molar-refractivity contribution is 7.27. The maximum absolute atomic E-state index is 13.3. The molecule has 2 amide bonds. The topological polar surface area (TPSA) is 161 Å². The van der Waals surface area contributed by atoms with Gasteiger partial charge in [-0.15, -0.1) is 45.3 Å². The molecule has 4 aromatic rings. The number of hydrogen-bond acceptors (Lipinski definition) is 10. The van der Waals surface area contributed by atoms with Crippen LogP contribution in [0.2, 0.25) is 0 Å². The maximum atomic E-state index is 13.3. The van der Waals surface area contributed by atoms with E-state index in [4.69, 9.17) is 11.5 Å². The van der Waals surface area contributed by atoms with Crippen molar-refractivity contribution in [1.82, 2.24) is 0 Å². The fourth-order valence-electron chi connectivity index (χ4n) is 4.51. The number of carbonyl (C=O) groups is 4. The molecule has 0 aliphatic heterocycles. The molecule has 12 heteroatoms. The third-order valence-electron chi connectivity index (χ3n) is 6.38. The van der Waals surface area contributed by atoms with Crippen molar-refractivity contribution in [3.63, 3.8) is 0 Å². The van der Waals surface area contributed by atoms with Gasteiger partial charge in [-0.3, -0.25) is 19.2 Å². The number of carbonyl (C=O) groups excluding carboxylic acids is 4. The van der Waals surface area contributed by atoms with Gasteiger partial charge in [0.25, 0.3) is 11.8 Å². The molecule has 1 aliphatic carbocycles. The quantitative estimate of drug-likeness (QED) is 0.297. The normalized spacial score (nSPS) is 22.6. The van der Waals surface area contributed by atoms with Crippen LogP contribution in [-0.2, 0) is 30.4 Å². The molecular formula is C22H18N2O6S4. The number of fused-ring (bicyclic) bond motifs is 2. The number of aliphatic hydroxyl groups is 2. The lowest BCUT2D eigenvalue weighted by Crippen LogP contribution is -2.57. The Hall–Kier alpha value is -2.48. The van der Waals surface area contributed by atoms with Crippen molar-refractivity contribution in [3.05, 3.63) is 44.8 Å². The number of ketones is 2. The highest BCUT2D eigenvalue weighted by Crippen LogP contribution is 2.48. The van der Waals surface area contributed by atoms with Crippen LogP contribution in [0.3, 0.4) is 0 Å². The van der Waals surface area contributed by atoms with Gasteiger partial charge in [-0.1, -0.05) is 0 Å². The molecule has 0 bridgehead atoms. The first-order valence-corrected chi connectivity index (χ1v) is 13.5. The predicted molar refractivity (Wildman–Crippen MR) is 132 cm³/mol. The number of primary amides is 2. The van der Waals surface area contributed by atoms with E-state index in [1.165, 1.54) is 22.7 Å². The van der Waals surface area contributed by atoms with Gasteiger partial charge in [0, 0.05) is 41.4 Å². The summed E-state index contributed by atoms with van der Waals surface area (Å²) >= 11 is 5.05. The zero-order chi connectivity index (χ0) is 24.4. The fraction of sp³-hybridized carbons (Fsp3) is 0.273. The summed E-state index contributed by atoms with van der Waals surface area (Å²) in [7, 11) is 0. The Balaban J connectivity index is 1.52. The smallest absolute Gasteiger partial charge is 0.255 e. The lowest BCUT2D eigenvalue weighted by Gasteiger charge is -2.39. The van der Waals surface area contributed by atoms with Crippen LogP contribution in [0, 0.1) is 11.8 Å². The summed E-state index contributed by atoms with van der Waals surface area (Å²) in [5.74, 6) is -6.47. The van der Waals surface area contributed by atoms with Crippen molar-refractivity contribution in [1.29, 1.82) is 0 Å². The molecule has 0 saturated heterocycles. The van der Waals surface area contributed by atoms with E-state index in [2.05, 4.69) is 0 Å². The van der Waals surface area contributed by atoms with E-state index in [-0.39, 0.29) is 9.75 Å². The van der Waals surface area contributed by atoms with E-state index in [0.717, 1.165) is 41.5 Å². The molecule has 5 rings (SSSR count). The summed E-state index contributed by atoms with van der Waals surface area (Å²) in [6.45, 7) is 0. The summed E-state index contributed by atoms with van der Waals surface area (Å²) < 4.78 is 3.25. The monoisotopic (exact) mass is 534 g/mol. The molecule has 1 saturated carbocycles. The summed E-state index contributed by atoms with van der Waals surface area (Å²) in [5, 5.41) is 26.5. The summed E-state index contributed by atoms with van der Waals surface area (Å²) in [6.07, 6.45) is -1.13. The average Bonchev–Trinajstić information content (AvgIpc) is 3.53. The Morgan fingerprint density at radius 1 is 0.765 bits per heavy atom. The zero-order valence-corrected chi connectivity index (χ0v) is 20.6. The van der Waals surface area contributed by atoms with Gasteiger partial charge in [-0.2, -0.15) is 0 Å². The molecule has 4 unspecified atom stereocenters. The van der Waals surface area contributed by atoms with Crippen LogP contribution in [-0.4, -0.2) is 33.6 Å². The van der Waals surface area contributed by atoms with Crippen molar-refractivity contribution in [2.45, 2.75) is 24.0 Å². The number of nitrogens with two attached hydrogens (primary N) is 2. The number of hydrogen-bond donors (Lipinski definition) is 4. The van der Waals surface area contributed by atoms with E-state index in [0.29, 0.717) is 0 Å². The Morgan fingerprint density at radius 2 is 1.15 bits per heavy atom. The minimum absolute atomic E-state index is 0.176. The van der Waals surface area contributed by atoms with Gasteiger partial charge in [0.2, 0.25) is 0 Å². The molecular weight excluding hydrogens is 517 g/mol. The molecule has 8 nitrogen and oxygen atoms in total. The molecule has 4 aromatic heterocycles. The molecule has 176 valence electrons. The lowest BCUT2D eigenvalue weighted by atomic mass is 9.66. The standard InChI is InChI=1S/C22H18N2O6S4/c23-19(27)21(29,17-7-15-13(33-17)1-3-31-15)9-5-12(26)10(6-11(9)25)22(30,20(24)28)18-8-16-14(34-18)2-4-32-16/h1-4,7-10,29-30H,5-6H2,(H2,23,27)(H2,24,28). The van der Waals surface area contributed by atoms with Crippen molar-refractivity contribution in [2.24, 2.45) is 23.3 Å². The Labute approximate surface area is 208 Å². The van der Waals surface area contributed by atoms with Gasteiger partial charge >= 0.3 is 0 Å². The van der Waals surface area contributed by atoms with E-state index >= 15 is 0 Å². The van der Waals surface area contributed by atoms with Crippen LogP contribution in [0.15, 0.2) is 35.0 Å². The average molecular weight is 535 g/mol. The summed E-state index contributed by atoms with van der Waals surface area (Å²) in [6, 6.07) is 6.82. The molecule has 1 aliphatic rings. The van der Waals surface area contributed by atoms with Crippen LogP contribution < -0.4 is 11.5 Å². The van der Waals surface area contributed by atoms with Gasteiger partial charge in [0.15, 0.2) is 11.2 Å². The first kappa shape index (κ1) is 23.3. The number of Topliss-reactive ketones (excluding diaryl/α,β-unsaturated/α-hetero) is 2. The van der Waals surface area contributed by atoms with Crippen molar-refractivity contribution < 1.29 is 29.4 Å². The summed E-state index contributed by atoms with van der Waals surface area (Å²) in [4.78, 5) is 51.8. The molecule has 34 heavy (non-hydrogen) atoms. The first-order valence-electron chi connectivity index (χ1n) is 10.1. The Morgan fingerprint density at radius 3 is 1.47 bits per heavy atom. The minimum Gasteiger partial charge on any atom is -0.374 e. The minimum atomic E-state index is -2.39. The van der Waals surface area contributed by atoms with Crippen LogP contribution in [0.1, 0.15) is 22.6 Å². The van der Waals surface area contributed by atoms with Gasteiger partial charge < -0.3 is 21.7 Å². The Bertz CT molecular complexity index is 1310. The second-order valence-electron chi connectivity index (χ2n) is 8.23. The SMILES string of the molecule is NC(=O)C(O)(c1cc2sccc2s1)C1CC(=O)C(C(O)(C(N)=O)c2cc3sccc3s2)CC1=O. The molecule has 1 fully saturated rings. The van der Waals surface area contributed by atoms with Crippen molar-refractivity contribution >= 4 is 87.5 Å². The van der Waals surface area contributed by atoms with Crippen LogP contribution in [0.25, 0.3) is 18.8 Å².